The molecular formula is C16H21ClN2. The molecule has 0 saturated heterocycles. The Labute approximate surface area is 120 Å². The molecular weight excluding hydrogens is 256 g/mol. The lowest BCUT2D eigenvalue weighted by molar-refractivity contribution is 0.569. The van der Waals surface area contributed by atoms with Crippen molar-refractivity contribution in [3.05, 3.63) is 36.5 Å². The third kappa shape index (κ3) is 3.01. The van der Waals surface area contributed by atoms with Crippen LogP contribution in [0.15, 0.2) is 36.5 Å². The quantitative estimate of drug-likeness (QED) is 0.724. The summed E-state index contributed by atoms with van der Waals surface area (Å²) in [6.45, 7) is 5.35. The number of hydrogen-bond acceptors (Lipinski definition) is 2. The van der Waals surface area contributed by atoms with Gasteiger partial charge in [0, 0.05) is 35.7 Å². The highest BCUT2D eigenvalue weighted by Gasteiger charge is 2.17. The molecule has 2 aromatic rings. The van der Waals surface area contributed by atoms with Crippen molar-refractivity contribution in [1.82, 2.24) is 4.98 Å². The van der Waals surface area contributed by atoms with Gasteiger partial charge in [-0.15, -0.1) is 11.6 Å². The van der Waals surface area contributed by atoms with Crippen molar-refractivity contribution in [2.24, 2.45) is 0 Å². The second-order valence-corrected chi connectivity index (χ2v) is 5.08. The number of para-hydroxylation sites is 1. The van der Waals surface area contributed by atoms with Crippen molar-refractivity contribution >= 4 is 28.2 Å². The molecule has 0 unspecified atom stereocenters. The lowest BCUT2D eigenvalue weighted by atomic mass is 10.1. The number of nitrogens with zero attached hydrogens (tertiary/aromatic N) is 2. The molecule has 0 fully saturated rings. The summed E-state index contributed by atoms with van der Waals surface area (Å²) in [5, 5.41) is 1.21. The predicted octanol–water partition coefficient (Wildman–Crippen LogP) is 4.47. The number of halogens is 1. The van der Waals surface area contributed by atoms with Crippen LogP contribution < -0.4 is 4.90 Å². The summed E-state index contributed by atoms with van der Waals surface area (Å²) >= 11 is 6.00. The summed E-state index contributed by atoms with van der Waals surface area (Å²) < 4.78 is 0. The van der Waals surface area contributed by atoms with Gasteiger partial charge in [0.25, 0.3) is 0 Å². The van der Waals surface area contributed by atoms with Gasteiger partial charge in [-0.3, -0.25) is 4.98 Å². The summed E-state index contributed by atoms with van der Waals surface area (Å²) in [6, 6.07) is 10.9. The van der Waals surface area contributed by atoms with E-state index in [2.05, 4.69) is 48.0 Å². The minimum Gasteiger partial charge on any atom is -0.367 e. The molecule has 0 N–H and O–H groups in total. The first-order valence-corrected chi connectivity index (χ1v) is 7.51. The van der Waals surface area contributed by atoms with Crippen LogP contribution in [0.4, 0.5) is 5.69 Å². The minimum atomic E-state index is 0.532. The molecule has 0 radical (unpaired) electrons. The van der Waals surface area contributed by atoms with Crippen molar-refractivity contribution in [3.63, 3.8) is 0 Å². The Bertz CT molecular complexity index is 518. The van der Waals surface area contributed by atoms with Crippen molar-refractivity contribution < 1.29 is 0 Å². The van der Waals surface area contributed by atoms with Gasteiger partial charge >= 0.3 is 0 Å². The van der Waals surface area contributed by atoms with E-state index in [1.807, 2.05) is 12.3 Å². The molecule has 3 heteroatoms. The van der Waals surface area contributed by atoms with Gasteiger partial charge < -0.3 is 4.90 Å². The SMILES string of the molecule is CCC(CC)N(CCCl)c1ccnc2ccccc12. The van der Waals surface area contributed by atoms with Crippen LogP contribution in [-0.2, 0) is 0 Å². The Hall–Kier alpha value is -1.28. The van der Waals surface area contributed by atoms with Crippen LogP contribution in [0, 0.1) is 0 Å². The topological polar surface area (TPSA) is 16.1 Å². The van der Waals surface area contributed by atoms with E-state index in [0.29, 0.717) is 11.9 Å². The van der Waals surface area contributed by atoms with Gasteiger partial charge in [0.05, 0.1) is 5.52 Å². The summed E-state index contributed by atoms with van der Waals surface area (Å²) in [6.07, 6.45) is 4.15. The molecule has 0 aliphatic heterocycles. The van der Waals surface area contributed by atoms with Crippen LogP contribution in [0.2, 0.25) is 0 Å². The number of alkyl halides is 1. The standard InChI is InChI=1S/C16H21ClN2/c1-3-13(4-2)19(12-10-17)16-9-11-18-15-8-6-5-7-14(15)16/h5-9,11,13H,3-4,10,12H2,1-2H3. The first-order valence-electron chi connectivity index (χ1n) is 6.98. The van der Waals surface area contributed by atoms with E-state index in [1.165, 1.54) is 11.1 Å². The second kappa shape index (κ2) is 6.76. The zero-order chi connectivity index (χ0) is 13.7. The number of hydrogen-bond donors (Lipinski definition) is 0. The molecule has 1 aromatic carbocycles. The van der Waals surface area contributed by atoms with Gasteiger partial charge in [0.2, 0.25) is 0 Å². The molecule has 0 aliphatic rings. The average Bonchev–Trinajstić information content (AvgIpc) is 2.47. The minimum absolute atomic E-state index is 0.532. The van der Waals surface area contributed by atoms with Gasteiger partial charge in [-0.2, -0.15) is 0 Å². The Morgan fingerprint density at radius 2 is 1.89 bits per heavy atom. The van der Waals surface area contributed by atoms with E-state index in [4.69, 9.17) is 11.6 Å². The third-order valence-electron chi connectivity index (χ3n) is 3.64. The third-order valence-corrected chi connectivity index (χ3v) is 3.81. The monoisotopic (exact) mass is 276 g/mol. The Kier molecular flexibility index (Phi) is 5.03. The van der Waals surface area contributed by atoms with Crippen molar-refractivity contribution in [2.75, 3.05) is 17.3 Å². The van der Waals surface area contributed by atoms with Crippen LogP contribution in [0.5, 0.6) is 0 Å². The summed E-state index contributed by atoms with van der Waals surface area (Å²) in [5.41, 5.74) is 2.30. The van der Waals surface area contributed by atoms with E-state index < -0.39 is 0 Å². The first-order chi connectivity index (χ1) is 9.31. The zero-order valence-corrected chi connectivity index (χ0v) is 12.4. The first kappa shape index (κ1) is 14.1. The lowest BCUT2D eigenvalue weighted by Crippen LogP contribution is -2.36. The van der Waals surface area contributed by atoms with E-state index in [-0.39, 0.29) is 0 Å². The zero-order valence-electron chi connectivity index (χ0n) is 11.6. The normalized spacial score (nSPS) is 11.2. The Morgan fingerprint density at radius 3 is 2.58 bits per heavy atom. The summed E-state index contributed by atoms with van der Waals surface area (Å²) in [4.78, 5) is 6.86. The number of anilines is 1. The highest BCUT2D eigenvalue weighted by molar-refractivity contribution is 6.18. The van der Waals surface area contributed by atoms with Gasteiger partial charge in [-0.1, -0.05) is 32.0 Å². The highest BCUT2D eigenvalue weighted by Crippen LogP contribution is 2.28. The smallest absolute Gasteiger partial charge is 0.0722 e. The van der Waals surface area contributed by atoms with Gasteiger partial charge in [-0.25, -0.2) is 0 Å². The van der Waals surface area contributed by atoms with Crippen LogP contribution in [-0.4, -0.2) is 23.5 Å². The fourth-order valence-electron chi connectivity index (χ4n) is 2.65. The maximum absolute atomic E-state index is 6.00. The second-order valence-electron chi connectivity index (χ2n) is 4.70. The van der Waals surface area contributed by atoms with Crippen LogP contribution in [0.25, 0.3) is 10.9 Å². The number of aromatic nitrogens is 1. The van der Waals surface area contributed by atoms with Gasteiger partial charge in [0.1, 0.15) is 0 Å². The van der Waals surface area contributed by atoms with Gasteiger partial charge in [-0.05, 0) is 25.0 Å². The Morgan fingerprint density at radius 1 is 1.16 bits per heavy atom. The largest absolute Gasteiger partial charge is 0.367 e. The fourth-order valence-corrected chi connectivity index (χ4v) is 2.83. The van der Waals surface area contributed by atoms with Crippen LogP contribution in [0.3, 0.4) is 0 Å². The van der Waals surface area contributed by atoms with Gasteiger partial charge in [0.15, 0.2) is 0 Å². The summed E-state index contributed by atoms with van der Waals surface area (Å²) in [7, 11) is 0. The van der Waals surface area contributed by atoms with Crippen LogP contribution >= 0.6 is 11.6 Å². The molecule has 2 nitrogen and oxygen atoms in total. The average molecular weight is 277 g/mol. The fraction of sp³-hybridized carbons (Fsp3) is 0.438. The van der Waals surface area contributed by atoms with Crippen LogP contribution in [0.1, 0.15) is 26.7 Å². The molecule has 0 amide bonds. The number of benzene rings is 1. The highest BCUT2D eigenvalue weighted by atomic mass is 35.5. The van der Waals surface area contributed by atoms with E-state index in [0.717, 1.165) is 24.9 Å². The summed E-state index contributed by atoms with van der Waals surface area (Å²) in [5.74, 6) is 0.646. The number of pyridine rings is 1. The number of rotatable bonds is 6. The maximum Gasteiger partial charge on any atom is 0.0722 e. The molecule has 102 valence electrons. The lowest BCUT2D eigenvalue weighted by Gasteiger charge is -2.33. The molecule has 1 heterocycles. The van der Waals surface area contributed by atoms with E-state index in [1.54, 1.807) is 0 Å². The Balaban J connectivity index is 2.49. The molecule has 19 heavy (non-hydrogen) atoms. The number of fused-ring (bicyclic) bond motifs is 1. The molecule has 0 saturated carbocycles. The molecule has 0 atom stereocenters. The molecule has 1 aromatic heterocycles. The molecule has 2 rings (SSSR count). The van der Waals surface area contributed by atoms with E-state index in [9.17, 15) is 0 Å². The van der Waals surface area contributed by atoms with E-state index >= 15 is 0 Å². The van der Waals surface area contributed by atoms with Crippen molar-refractivity contribution in [2.45, 2.75) is 32.7 Å². The molecule has 0 bridgehead atoms. The maximum atomic E-state index is 6.00. The molecule has 0 aliphatic carbocycles. The van der Waals surface area contributed by atoms with Crippen molar-refractivity contribution in [3.8, 4) is 0 Å². The van der Waals surface area contributed by atoms with Crippen molar-refractivity contribution in [1.29, 1.82) is 0 Å². The predicted molar refractivity (Wildman–Crippen MR) is 84.2 cm³/mol. The molecule has 0 spiro atoms.